The van der Waals surface area contributed by atoms with E-state index >= 15 is 0 Å². The quantitative estimate of drug-likeness (QED) is 0.0669. The fourth-order valence-electron chi connectivity index (χ4n) is 4.49. The predicted octanol–water partition coefficient (Wildman–Crippen LogP) is 6.54. The number of esters is 1. The highest BCUT2D eigenvalue weighted by Gasteiger charge is 2.29. The van der Waals surface area contributed by atoms with Crippen LogP contribution < -0.4 is 16.0 Å². The van der Waals surface area contributed by atoms with Gasteiger partial charge in [0.15, 0.2) is 6.04 Å². The number of nitrogens with one attached hydrogen (secondary N) is 3. The van der Waals surface area contributed by atoms with Crippen molar-refractivity contribution in [2.75, 3.05) is 38.4 Å². The van der Waals surface area contributed by atoms with Crippen LogP contribution in [-0.4, -0.2) is 79.9 Å². The maximum Gasteiger partial charge on any atom is 0.408 e. The van der Waals surface area contributed by atoms with Crippen molar-refractivity contribution in [1.29, 1.82) is 0 Å². The molecule has 10 nitrogen and oxygen atoms in total. The molecule has 0 bridgehead atoms. The summed E-state index contributed by atoms with van der Waals surface area (Å²) in [6, 6.07) is -1.98. The van der Waals surface area contributed by atoms with E-state index in [1.807, 2.05) is 13.8 Å². The van der Waals surface area contributed by atoms with Gasteiger partial charge in [-0.05, 0) is 33.1 Å². The van der Waals surface area contributed by atoms with Gasteiger partial charge in [-0.15, -0.1) is 0 Å². The monoisotopic (exact) mass is 659 g/mol. The predicted molar refractivity (Wildman–Crippen MR) is 183 cm³/mol. The molecule has 0 saturated carbocycles. The second kappa shape index (κ2) is 27.1. The van der Waals surface area contributed by atoms with Gasteiger partial charge in [-0.1, -0.05) is 97.8 Å². The molecule has 0 heterocycles. The minimum absolute atomic E-state index is 0.0298. The lowest BCUT2D eigenvalue weighted by atomic mass is 10.0. The number of alkyl carbamates (subject to hydrolysis) is 1. The third-order valence-electron chi connectivity index (χ3n) is 6.91. The fraction of sp³-hybridized carbons (Fsp3) is 0.882. The van der Waals surface area contributed by atoms with Crippen LogP contribution in [0.2, 0.25) is 0 Å². The Morgan fingerprint density at radius 3 is 1.82 bits per heavy atom. The van der Waals surface area contributed by atoms with Gasteiger partial charge in [0.1, 0.15) is 11.6 Å². The summed E-state index contributed by atoms with van der Waals surface area (Å²) in [5.41, 5.74) is -0.741. The molecule has 2 atom stereocenters. The van der Waals surface area contributed by atoms with Crippen LogP contribution >= 0.6 is 11.8 Å². The first-order valence-electron chi connectivity index (χ1n) is 17.2. The lowest BCUT2D eigenvalue weighted by molar-refractivity contribution is -0.147. The van der Waals surface area contributed by atoms with Crippen molar-refractivity contribution in [2.45, 2.75) is 149 Å². The van der Waals surface area contributed by atoms with Gasteiger partial charge in [0.25, 0.3) is 0 Å². The zero-order chi connectivity index (χ0) is 33.9. The number of ether oxygens (including phenoxy) is 3. The highest BCUT2D eigenvalue weighted by molar-refractivity contribution is 7.99. The molecule has 2 unspecified atom stereocenters. The zero-order valence-corrected chi connectivity index (χ0v) is 30.2. The molecule has 0 spiro atoms. The van der Waals surface area contributed by atoms with E-state index in [9.17, 15) is 19.2 Å². The minimum atomic E-state index is -1.02. The molecule has 0 aliphatic heterocycles. The maximum atomic E-state index is 13.1. The smallest absolute Gasteiger partial charge is 0.408 e. The first-order chi connectivity index (χ1) is 21.4. The molecular weight excluding hydrogens is 594 g/mol. The second-order valence-corrected chi connectivity index (χ2v) is 14.3. The van der Waals surface area contributed by atoms with Gasteiger partial charge in [0.05, 0.1) is 13.7 Å². The van der Waals surface area contributed by atoms with Crippen LogP contribution in [0.25, 0.3) is 0 Å². The van der Waals surface area contributed by atoms with Crippen molar-refractivity contribution in [3.8, 4) is 0 Å². The van der Waals surface area contributed by atoms with E-state index < -0.39 is 35.7 Å². The highest BCUT2D eigenvalue weighted by Crippen LogP contribution is 2.13. The molecule has 3 N–H and O–H groups in total. The van der Waals surface area contributed by atoms with Crippen LogP contribution in [0.5, 0.6) is 0 Å². The number of methoxy groups -OCH3 is 1. The SMILES string of the molecule is CCCCCCCCCCCCCCCC(=O)NCCSCC(NC(=O)OC(C)(C)C)C(=O)NC(COCC(C)C)C(=O)OC. The Kier molecular flexibility index (Phi) is 25.9. The highest BCUT2D eigenvalue weighted by atomic mass is 32.2. The van der Waals surface area contributed by atoms with Crippen LogP contribution in [-0.2, 0) is 28.6 Å². The number of carbonyl (C=O) groups is 4. The number of hydrogen-bond acceptors (Lipinski definition) is 8. The molecule has 0 aromatic carbocycles. The van der Waals surface area contributed by atoms with Crippen LogP contribution in [0.3, 0.4) is 0 Å². The van der Waals surface area contributed by atoms with Crippen LogP contribution in [0.4, 0.5) is 4.79 Å². The molecule has 0 saturated heterocycles. The largest absolute Gasteiger partial charge is 0.467 e. The normalized spacial score (nSPS) is 12.8. The summed E-state index contributed by atoms with van der Waals surface area (Å²) in [5.74, 6) is -0.123. The maximum absolute atomic E-state index is 13.1. The van der Waals surface area contributed by atoms with E-state index in [0.29, 0.717) is 25.3 Å². The van der Waals surface area contributed by atoms with E-state index in [4.69, 9.17) is 14.2 Å². The summed E-state index contributed by atoms with van der Waals surface area (Å²) >= 11 is 1.41. The summed E-state index contributed by atoms with van der Waals surface area (Å²) in [6.07, 6.45) is 16.3. The Labute approximate surface area is 278 Å². The van der Waals surface area contributed by atoms with Gasteiger partial charge in [0, 0.05) is 31.1 Å². The molecule has 0 aromatic rings. The van der Waals surface area contributed by atoms with Gasteiger partial charge in [-0.2, -0.15) is 11.8 Å². The number of hydrogen-bond donors (Lipinski definition) is 3. The first-order valence-corrected chi connectivity index (χ1v) is 18.3. The van der Waals surface area contributed by atoms with E-state index in [-0.39, 0.29) is 24.2 Å². The molecule has 11 heteroatoms. The standard InChI is InChI=1S/C34H65N3O7S/c1-8-9-10-11-12-13-14-15-16-17-18-19-20-21-30(38)35-22-23-45-26-29(37-33(41)44-34(4,5)6)31(39)36-28(32(40)42-7)25-43-24-27(2)3/h27-29H,8-26H2,1-7H3,(H,35,38)(H,36,39)(H,37,41). The number of unbranched alkanes of at least 4 members (excludes halogenated alkanes) is 12. The van der Waals surface area contributed by atoms with Gasteiger partial charge < -0.3 is 30.2 Å². The van der Waals surface area contributed by atoms with Gasteiger partial charge in [0.2, 0.25) is 11.8 Å². The zero-order valence-electron chi connectivity index (χ0n) is 29.4. The molecule has 0 aliphatic carbocycles. The van der Waals surface area contributed by atoms with E-state index in [0.717, 1.165) is 12.8 Å². The summed E-state index contributed by atoms with van der Waals surface area (Å²) in [4.78, 5) is 50.1. The third-order valence-corrected chi connectivity index (χ3v) is 7.97. The van der Waals surface area contributed by atoms with Crippen molar-refractivity contribution >= 4 is 35.6 Å². The number of amides is 3. The fourth-order valence-corrected chi connectivity index (χ4v) is 5.38. The number of carbonyl (C=O) groups excluding carboxylic acids is 4. The molecule has 264 valence electrons. The van der Waals surface area contributed by atoms with Gasteiger partial charge in [-0.25, -0.2) is 9.59 Å². The molecule has 3 amide bonds. The van der Waals surface area contributed by atoms with E-state index in [2.05, 4.69) is 22.9 Å². The van der Waals surface area contributed by atoms with Gasteiger partial charge >= 0.3 is 12.1 Å². The summed E-state index contributed by atoms with van der Waals surface area (Å²) in [6.45, 7) is 12.2. The van der Waals surface area contributed by atoms with Crippen molar-refractivity contribution in [3.63, 3.8) is 0 Å². The summed E-state index contributed by atoms with van der Waals surface area (Å²) in [5, 5.41) is 8.18. The number of thioether (sulfide) groups is 1. The van der Waals surface area contributed by atoms with Gasteiger partial charge in [-0.3, -0.25) is 9.59 Å². The Balaban J connectivity index is 4.43. The molecule has 45 heavy (non-hydrogen) atoms. The molecule has 0 fully saturated rings. The number of rotatable bonds is 27. The van der Waals surface area contributed by atoms with E-state index in [1.54, 1.807) is 20.8 Å². The Bertz CT molecular complexity index is 805. The summed E-state index contributed by atoms with van der Waals surface area (Å²) < 4.78 is 15.7. The Morgan fingerprint density at radius 1 is 0.756 bits per heavy atom. The second-order valence-electron chi connectivity index (χ2n) is 13.1. The third kappa shape index (κ3) is 26.9. The van der Waals surface area contributed by atoms with E-state index in [1.165, 1.54) is 89.5 Å². The lowest BCUT2D eigenvalue weighted by Gasteiger charge is -2.25. The van der Waals surface area contributed by atoms with Crippen molar-refractivity contribution in [3.05, 3.63) is 0 Å². The lowest BCUT2D eigenvalue weighted by Crippen LogP contribution is -2.54. The molecular formula is C34H65N3O7S. The van der Waals surface area contributed by atoms with Crippen LogP contribution in [0.1, 0.15) is 131 Å². The van der Waals surface area contributed by atoms with Crippen LogP contribution in [0, 0.1) is 5.92 Å². The van der Waals surface area contributed by atoms with Crippen molar-refractivity contribution < 1.29 is 33.4 Å². The van der Waals surface area contributed by atoms with Crippen molar-refractivity contribution in [2.24, 2.45) is 5.92 Å². The minimum Gasteiger partial charge on any atom is -0.467 e. The Morgan fingerprint density at radius 2 is 1.31 bits per heavy atom. The molecule has 0 rings (SSSR count). The Hall–Kier alpha value is -2.01. The van der Waals surface area contributed by atoms with Crippen molar-refractivity contribution in [1.82, 2.24) is 16.0 Å². The van der Waals surface area contributed by atoms with Crippen LogP contribution in [0.15, 0.2) is 0 Å². The first kappa shape index (κ1) is 43.0. The summed E-state index contributed by atoms with van der Waals surface area (Å²) in [7, 11) is 1.24. The molecule has 0 aromatic heterocycles. The topological polar surface area (TPSA) is 132 Å². The molecule has 0 aliphatic rings. The average Bonchev–Trinajstić information content (AvgIpc) is 2.96. The molecule has 0 radical (unpaired) electrons. The average molecular weight is 660 g/mol.